The molecule has 0 radical (unpaired) electrons. The van der Waals surface area contributed by atoms with Gasteiger partial charge in [-0.25, -0.2) is 0 Å². The van der Waals surface area contributed by atoms with Crippen LogP contribution in [0.4, 0.5) is 0 Å². The van der Waals surface area contributed by atoms with E-state index < -0.39 is 0 Å². The van der Waals surface area contributed by atoms with Crippen molar-refractivity contribution in [3.63, 3.8) is 0 Å². The average Bonchev–Trinajstić information content (AvgIpc) is 2.47. The van der Waals surface area contributed by atoms with E-state index in [4.69, 9.17) is 0 Å². The van der Waals surface area contributed by atoms with Crippen LogP contribution in [0, 0.1) is 5.92 Å². The molecule has 3 unspecified atom stereocenters. The van der Waals surface area contributed by atoms with Crippen LogP contribution in [0.2, 0.25) is 0 Å². The van der Waals surface area contributed by atoms with Crippen molar-refractivity contribution in [1.82, 2.24) is 10.2 Å². The van der Waals surface area contributed by atoms with Crippen molar-refractivity contribution in [3.05, 3.63) is 0 Å². The monoisotopic (exact) mass is 280 g/mol. The van der Waals surface area contributed by atoms with Gasteiger partial charge >= 0.3 is 0 Å². The van der Waals surface area contributed by atoms with Crippen LogP contribution in [-0.4, -0.2) is 41.8 Å². The maximum Gasteiger partial charge on any atom is 0.237 e. The minimum atomic E-state index is -0.116. The zero-order valence-corrected chi connectivity index (χ0v) is 12.9. The molecular formula is C16H28N2O2. The Morgan fingerprint density at radius 3 is 2.75 bits per heavy atom. The van der Waals surface area contributed by atoms with Crippen molar-refractivity contribution in [2.24, 2.45) is 5.92 Å². The number of carbonyl (C=O) groups is 2. The molecule has 1 saturated heterocycles. The highest BCUT2D eigenvalue weighted by atomic mass is 16.2. The predicted molar refractivity (Wildman–Crippen MR) is 79.5 cm³/mol. The number of Topliss-reactive ketones (excluding diaryl/α,β-unsaturated/α-hetero) is 1. The summed E-state index contributed by atoms with van der Waals surface area (Å²) in [5.74, 6) is 0.694. The number of piperidine rings is 1. The van der Waals surface area contributed by atoms with Crippen LogP contribution < -0.4 is 5.32 Å². The summed E-state index contributed by atoms with van der Waals surface area (Å²) >= 11 is 0. The van der Waals surface area contributed by atoms with Crippen molar-refractivity contribution >= 4 is 11.7 Å². The maximum atomic E-state index is 12.2. The van der Waals surface area contributed by atoms with Gasteiger partial charge in [-0.1, -0.05) is 12.8 Å². The number of ketones is 1. The van der Waals surface area contributed by atoms with Crippen LogP contribution in [0.3, 0.4) is 0 Å². The Morgan fingerprint density at radius 1 is 1.30 bits per heavy atom. The molecule has 20 heavy (non-hydrogen) atoms. The molecule has 0 bridgehead atoms. The molecule has 1 aliphatic carbocycles. The number of nitrogens with zero attached hydrogens (tertiary/aromatic N) is 1. The lowest BCUT2D eigenvalue weighted by Gasteiger charge is -2.43. The van der Waals surface area contributed by atoms with Crippen molar-refractivity contribution in [3.8, 4) is 0 Å². The molecular weight excluding hydrogens is 252 g/mol. The quantitative estimate of drug-likeness (QED) is 0.858. The van der Waals surface area contributed by atoms with Gasteiger partial charge in [0.05, 0.1) is 6.04 Å². The third-order valence-corrected chi connectivity index (χ3v) is 4.89. The summed E-state index contributed by atoms with van der Waals surface area (Å²) < 4.78 is 0. The Hall–Kier alpha value is -0.900. The van der Waals surface area contributed by atoms with Crippen molar-refractivity contribution < 1.29 is 9.59 Å². The molecule has 0 aromatic carbocycles. The van der Waals surface area contributed by atoms with Crippen LogP contribution in [0.15, 0.2) is 0 Å². The third-order valence-electron chi connectivity index (χ3n) is 4.89. The van der Waals surface area contributed by atoms with E-state index in [0.29, 0.717) is 12.3 Å². The first-order valence-electron chi connectivity index (χ1n) is 8.21. The number of carbonyl (C=O) groups excluding carboxylic acids is 2. The van der Waals surface area contributed by atoms with E-state index in [2.05, 4.69) is 10.2 Å². The van der Waals surface area contributed by atoms with Crippen LogP contribution in [0.1, 0.15) is 58.8 Å². The molecule has 3 atom stereocenters. The number of hydrogen-bond acceptors (Lipinski definition) is 3. The van der Waals surface area contributed by atoms with Crippen molar-refractivity contribution in [2.75, 3.05) is 13.1 Å². The summed E-state index contributed by atoms with van der Waals surface area (Å²) in [7, 11) is 0. The van der Waals surface area contributed by atoms with Crippen LogP contribution in [-0.2, 0) is 9.59 Å². The van der Waals surface area contributed by atoms with Gasteiger partial charge in [0.2, 0.25) is 5.91 Å². The standard InChI is InChI=1S/C16H28N2O2/c1-3-17-16(20)12(2)18-11-7-6-9-14(18)13-8-4-5-10-15(13)19/h12-14H,3-11H2,1-2H3,(H,17,20). The normalized spacial score (nSPS) is 30.0. The Kier molecular flexibility index (Phi) is 5.58. The molecule has 0 spiro atoms. The van der Waals surface area contributed by atoms with E-state index in [-0.39, 0.29) is 23.9 Å². The lowest BCUT2D eigenvalue weighted by atomic mass is 9.78. The molecule has 1 aliphatic heterocycles. The number of likely N-dealkylation sites (tertiary alicyclic amines) is 1. The molecule has 1 N–H and O–H groups in total. The smallest absolute Gasteiger partial charge is 0.237 e. The summed E-state index contributed by atoms with van der Waals surface area (Å²) in [5, 5.41) is 2.91. The topological polar surface area (TPSA) is 49.4 Å². The van der Waals surface area contributed by atoms with E-state index in [1.165, 1.54) is 6.42 Å². The van der Waals surface area contributed by atoms with E-state index in [1.54, 1.807) is 0 Å². The molecule has 2 aliphatic rings. The van der Waals surface area contributed by atoms with Gasteiger partial charge < -0.3 is 5.32 Å². The molecule has 1 saturated carbocycles. The number of nitrogens with one attached hydrogen (secondary N) is 1. The minimum Gasteiger partial charge on any atom is -0.355 e. The van der Waals surface area contributed by atoms with Gasteiger partial charge in [0.25, 0.3) is 0 Å². The Bertz CT molecular complexity index is 356. The first-order valence-corrected chi connectivity index (χ1v) is 8.21. The number of likely N-dealkylation sites (N-methyl/N-ethyl adjacent to an activating group) is 1. The highest BCUT2D eigenvalue weighted by Crippen LogP contribution is 2.32. The zero-order valence-electron chi connectivity index (χ0n) is 12.9. The highest BCUT2D eigenvalue weighted by Gasteiger charge is 2.38. The highest BCUT2D eigenvalue weighted by molar-refractivity contribution is 5.83. The van der Waals surface area contributed by atoms with Gasteiger partial charge in [0.15, 0.2) is 0 Å². The molecule has 1 heterocycles. The number of amides is 1. The van der Waals surface area contributed by atoms with Crippen molar-refractivity contribution in [1.29, 1.82) is 0 Å². The predicted octanol–water partition coefficient (Wildman–Crippen LogP) is 2.12. The summed E-state index contributed by atoms with van der Waals surface area (Å²) in [5.41, 5.74) is 0. The molecule has 4 heteroatoms. The molecule has 114 valence electrons. The molecule has 2 rings (SSSR count). The molecule has 0 aromatic heterocycles. The largest absolute Gasteiger partial charge is 0.355 e. The summed E-state index contributed by atoms with van der Waals surface area (Å²) in [4.78, 5) is 26.6. The van der Waals surface area contributed by atoms with E-state index in [0.717, 1.165) is 45.1 Å². The average molecular weight is 280 g/mol. The maximum absolute atomic E-state index is 12.2. The lowest BCUT2D eigenvalue weighted by Crippen LogP contribution is -2.55. The van der Waals surface area contributed by atoms with Gasteiger partial charge in [0.1, 0.15) is 5.78 Å². The minimum absolute atomic E-state index is 0.0997. The second kappa shape index (κ2) is 7.21. The van der Waals surface area contributed by atoms with Crippen LogP contribution in [0.25, 0.3) is 0 Å². The second-order valence-corrected chi connectivity index (χ2v) is 6.19. The summed E-state index contributed by atoms with van der Waals surface area (Å²) in [6, 6.07) is 0.170. The van der Waals surface area contributed by atoms with E-state index in [9.17, 15) is 9.59 Å². The molecule has 4 nitrogen and oxygen atoms in total. The van der Waals surface area contributed by atoms with Gasteiger partial charge in [0, 0.05) is 24.9 Å². The number of hydrogen-bond donors (Lipinski definition) is 1. The zero-order chi connectivity index (χ0) is 14.5. The van der Waals surface area contributed by atoms with Gasteiger partial charge in [-0.15, -0.1) is 0 Å². The fraction of sp³-hybridized carbons (Fsp3) is 0.875. The van der Waals surface area contributed by atoms with Crippen LogP contribution >= 0.6 is 0 Å². The third kappa shape index (κ3) is 3.40. The van der Waals surface area contributed by atoms with Gasteiger partial charge in [-0.3, -0.25) is 14.5 Å². The summed E-state index contributed by atoms with van der Waals surface area (Å²) in [6.07, 6.45) is 7.37. The second-order valence-electron chi connectivity index (χ2n) is 6.19. The Morgan fingerprint density at radius 2 is 2.05 bits per heavy atom. The SMILES string of the molecule is CCNC(=O)C(C)N1CCCCC1C1CCCCC1=O. The van der Waals surface area contributed by atoms with E-state index in [1.807, 2.05) is 13.8 Å². The lowest BCUT2D eigenvalue weighted by molar-refractivity contribution is -0.133. The van der Waals surface area contributed by atoms with Crippen molar-refractivity contribution in [2.45, 2.75) is 70.9 Å². The molecule has 2 fully saturated rings. The fourth-order valence-electron chi connectivity index (χ4n) is 3.78. The van der Waals surface area contributed by atoms with Crippen LogP contribution in [0.5, 0.6) is 0 Å². The first-order chi connectivity index (χ1) is 9.65. The molecule has 1 amide bonds. The van der Waals surface area contributed by atoms with Gasteiger partial charge in [-0.2, -0.15) is 0 Å². The fourth-order valence-corrected chi connectivity index (χ4v) is 3.78. The summed E-state index contributed by atoms with van der Waals surface area (Å²) in [6.45, 7) is 5.55. The Labute approximate surface area is 122 Å². The van der Waals surface area contributed by atoms with Gasteiger partial charge in [-0.05, 0) is 46.1 Å². The molecule has 0 aromatic rings. The first kappa shape index (κ1) is 15.5. The number of rotatable bonds is 4. The Balaban J connectivity index is 2.07. The van der Waals surface area contributed by atoms with E-state index >= 15 is 0 Å².